The molecule has 1 aromatic heterocycles. The molecule has 116 valence electrons. The summed E-state index contributed by atoms with van der Waals surface area (Å²) in [6.45, 7) is 4.05. The summed E-state index contributed by atoms with van der Waals surface area (Å²) >= 11 is 0. The Morgan fingerprint density at radius 1 is 1.00 bits per heavy atom. The largest absolute Gasteiger partial charge is 0.310 e. The highest BCUT2D eigenvalue weighted by Crippen LogP contribution is 2.21. The van der Waals surface area contributed by atoms with Crippen LogP contribution in [0.2, 0.25) is 0 Å². The number of aromatic nitrogens is 2. The first-order chi connectivity index (χ1) is 11.0. The number of nitrogens with zero attached hydrogens (tertiary/aromatic N) is 2. The van der Waals surface area contributed by atoms with Crippen molar-refractivity contribution < 1.29 is 4.79 Å². The van der Waals surface area contributed by atoms with Crippen molar-refractivity contribution in [2.24, 2.45) is 0 Å². The highest BCUT2D eigenvalue weighted by atomic mass is 16.2. The van der Waals surface area contributed by atoms with E-state index in [2.05, 4.69) is 10.2 Å². The summed E-state index contributed by atoms with van der Waals surface area (Å²) in [6, 6.07) is 17.7. The second-order valence-electron chi connectivity index (χ2n) is 5.74. The molecular weight excluding hydrogens is 286 g/mol. The summed E-state index contributed by atoms with van der Waals surface area (Å²) in [7, 11) is 1.77. The van der Waals surface area contributed by atoms with Crippen molar-refractivity contribution in [3.05, 3.63) is 71.4 Å². The molecule has 4 nitrogen and oxygen atoms in total. The molecule has 0 aliphatic carbocycles. The molecule has 3 aromatic rings. The molecule has 0 aliphatic heterocycles. The smallest absolute Gasteiger partial charge is 0.276 e. The van der Waals surface area contributed by atoms with Gasteiger partial charge in [-0.1, -0.05) is 42.0 Å². The van der Waals surface area contributed by atoms with Gasteiger partial charge < -0.3 is 4.90 Å². The van der Waals surface area contributed by atoms with E-state index in [1.54, 1.807) is 18.0 Å². The van der Waals surface area contributed by atoms with Crippen molar-refractivity contribution in [1.82, 2.24) is 10.2 Å². The zero-order chi connectivity index (χ0) is 16.4. The molecule has 4 heteroatoms. The Morgan fingerprint density at radius 3 is 2.43 bits per heavy atom. The molecule has 0 fully saturated rings. The van der Waals surface area contributed by atoms with E-state index in [1.165, 1.54) is 5.56 Å². The van der Waals surface area contributed by atoms with E-state index in [0.29, 0.717) is 5.69 Å². The second-order valence-corrected chi connectivity index (χ2v) is 5.74. The van der Waals surface area contributed by atoms with Crippen LogP contribution in [0.4, 0.5) is 5.69 Å². The van der Waals surface area contributed by atoms with Gasteiger partial charge in [-0.3, -0.25) is 9.89 Å². The maximum atomic E-state index is 12.6. The number of hydrogen-bond acceptors (Lipinski definition) is 2. The third-order valence-electron chi connectivity index (χ3n) is 3.85. The van der Waals surface area contributed by atoms with Gasteiger partial charge in [0.15, 0.2) is 0 Å². The van der Waals surface area contributed by atoms with Crippen molar-refractivity contribution in [2.45, 2.75) is 13.8 Å². The fourth-order valence-corrected chi connectivity index (χ4v) is 2.44. The van der Waals surface area contributed by atoms with Gasteiger partial charge >= 0.3 is 0 Å². The van der Waals surface area contributed by atoms with Crippen LogP contribution in [0.15, 0.2) is 54.6 Å². The summed E-state index contributed by atoms with van der Waals surface area (Å²) in [6.07, 6.45) is 0. The summed E-state index contributed by atoms with van der Waals surface area (Å²) in [5.41, 5.74) is 5.41. The molecule has 0 atom stereocenters. The van der Waals surface area contributed by atoms with Crippen molar-refractivity contribution in [3.63, 3.8) is 0 Å². The molecule has 0 saturated heterocycles. The molecule has 23 heavy (non-hydrogen) atoms. The van der Waals surface area contributed by atoms with E-state index in [0.717, 1.165) is 22.5 Å². The number of rotatable bonds is 3. The monoisotopic (exact) mass is 305 g/mol. The minimum Gasteiger partial charge on any atom is -0.310 e. The van der Waals surface area contributed by atoms with Crippen LogP contribution in [0.1, 0.15) is 21.6 Å². The Kier molecular flexibility index (Phi) is 3.98. The molecule has 2 aromatic carbocycles. The summed E-state index contributed by atoms with van der Waals surface area (Å²) in [4.78, 5) is 14.2. The average molecular weight is 305 g/mol. The predicted molar refractivity (Wildman–Crippen MR) is 92.7 cm³/mol. The quantitative estimate of drug-likeness (QED) is 0.796. The van der Waals surface area contributed by atoms with Crippen molar-refractivity contribution in [1.29, 1.82) is 0 Å². The minimum absolute atomic E-state index is 0.110. The number of hydrogen-bond donors (Lipinski definition) is 1. The normalized spacial score (nSPS) is 10.6. The number of aromatic amines is 1. The van der Waals surface area contributed by atoms with E-state index < -0.39 is 0 Å². The highest BCUT2D eigenvalue weighted by Gasteiger charge is 2.16. The number of carbonyl (C=O) groups is 1. The SMILES string of the molecule is Cc1ccc(-c2cc(C(=O)N(C)c3cccc(C)c3)[nH]n2)cc1. The number of H-pyrrole nitrogens is 1. The fourth-order valence-electron chi connectivity index (χ4n) is 2.44. The lowest BCUT2D eigenvalue weighted by atomic mass is 10.1. The first-order valence-corrected chi connectivity index (χ1v) is 7.52. The first kappa shape index (κ1) is 15.0. The molecule has 1 N–H and O–H groups in total. The third kappa shape index (κ3) is 3.16. The van der Waals surface area contributed by atoms with Crippen LogP contribution in [0.3, 0.4) is 0 Å². The molecule has 0 radical (unpaired) electrons. The zero-order valence-electron chi connectivity index (χ0n) is 13.5. The maximum absolute atomic E-state index is 12.6. The van der Waals surface area contributed by atoms with Crippen molar-refractivity contribution in [2.75, 3.05) is 11.9 Å². The molecule has 0 saturated carbocycles. The molecule has 3 rings (SSSR count). The van der Waals surface area contributed by atoms with Gasteiger partial charge in [0.25, 0.3) is 5.91 Å². The molecule has 1 heterocycles. The molecule has 0 spiro atoms. The van der Waals surface area contributed by atoms with Gasteiger partial charge in [-0.05, 0) is 37.6 Å². The van der Waals surface area contributed by atoms with Gasteiger partial charge in [-0.25, -0.2) is 0 Å². The van der Waals surface area contributed by atoms with Crippen LogP contribution in [-0.4, -0.2) is 23.2 Å². The lowest BCUT2D eigenvalue weighted by Gasteiger charge is -2.16. The van der Waals surface area contributed by atoms with E-state index in [9.17, 15) is 4.79 Å². The molecule has 1 amide bonds. The zero-order valence-corrected chi connectivity index (χ0v) is 13.5. The lowest BCUT2D eigenvalue weighted by Crippen LogP contribution is -2.26. The molecular formula is C19H19N3O. The topological polar surface area (TPSA) is 49.0 Å². The molecule has 0 unspecified atom stereocenters. The summed E-state index contributed by atoms with van der Waals surface area (Å²) in [5.74, 6) is -0.110. The van der Waals surface area contributed by atoms with Gasteiger partial charge in [0, 0.05) is 18.3 Å². The number of nitrogens with one attached hydrogen (secondary N) is 1. The van der Waals surface area contributed by atoms with Crippen LogP contribution in [0.25, 0.3) is 11.3 Å². The van der Waals surface area contributed by atoms with Gasteiger partial charge in [0.05, 0.1) is 5.69 Å². The van der Waals surface area contributed by atoms with Crippen LogP contribution in [0, 0.1) is 13.8 Å². The standard InChI is InChI=1S/C19H19N3O/c1-13-7-9-15(10-8-13)17-12-18(21-20-17)19(23)22(3)16-6-4-5-14(2)11-16/h4-12H,1-3H3,(H,20,21). The number of aryl methyl sites for hydroxylation is 2. The Labute approximate surface area is 135 Å². The second kappa shape index (κ2) is 6.08. The van der Waals surface area contributed by atoms with Crippen LogP contribution in [-0.2, 0) is 0 Å². The van der Waals surface area contributed by atoms with Crippen LogP contribution in [0.5, 0.6) is 0 Å². The van der Waals surface area contributed by atoms with Gasteiger partial charge in [-0.15, -0.1) is 0 Å². The third-order valence-corrected chi connectivity index (χ3v) is 3.85. The first-order valence-electron chi connectivity index (χ1n) is 7.52. The Bertz CT molecular complexity index is 834. The van der Waals surface area contributed by atoms with Crippen LogP contribution < -0.4 is 4.90 Å². The number of benzene rings is 2. The minimum atomic E-state index is -0.110. The number of carbonyl (C=O) groups excluding carboxylic acids is 1. The number of amides is 1. The Hall–Kier alpha value is -2.88. The van der Waals surface area contributed by atoms with E-state index >= 15 is 0 Å². The number of anilines is 1. The molecule has 0 bridgehead atoms. The molecule has 0 aliphatic rings. The summed E-state index contributed by atoms with van der Waals surface area (Å²) in [5, 5.41) is 7.10. The average Bonchev–Trinajstić information content (AvgIpc) is 3.04. The van der Waals surface area contributed by atoms with Gasteiger partial charge in [0.2, 0.25) is 0 Å². The maximum Gasteiger partial charge on any atom is 0.276 e. The highest BCUT2D eigenvalue weighted by molar-refractivity contribution is 6.04. The lowest BCUT2D eigenvalue weighted by molar-refractivity contribution is 0.0988. The van der Waals surface area contributed by atoms with Crippen molar-refractivity contribution in [3.8, 4) is 11.3 Å². The van der Waals surface area contributed by atoms with Crippen LogP contribution >= 0.6 is 0 Å². The van der Waals surface area contributed by atoms with Crippen molar-refractivity contribution >= 4 is 11.6 Å². The predicted octanol–water partition coefficient (Wildman–Crippen LogP) is 3.97. The fraction of sp³-hybridized carbons (Fsp3) is 0.158. The van der Waals surface area contributed by atoms with Gasteiger partial charge in [-0.2, -0.15) is 5.10 Å². The summed E-state index contributed by atoms with van der Waals surface area (Å²) < 4.78 is 0. The van der Waals surface area contributed by atoms with E-state index in [1.807, 2.05) is 62.4 Å². The Balaban J connectivity index is 1.84. The van der Waals surface area contributed by atoms with Gasteiger partial charge in [0.1, 0.15) is 5.69 Å². The Morgan fingerprint density at radius 2 is 1.74 bits per heavy atom. The van der Waals surface area contributed by atoms with E-state index in [4.69, 9.17) is 0 Å². The van der Waals surface area contributed by atoms with E-state index in [-0.39, 0.29) is 5.91 Å².